The average molecular weight is 207 g/mol. The van der Waals surface area contributed by atoms with Crippen molar-refractivity contribution >= 4 is 17.3 Å². The quantitative estimate of drug-likeness (QED) is 0.580. The maximum absolute atomic E-state index is 9.44. The van der Waals surface area contributed by atoms with Gasteiger partial charge in [-0.2, -0.15) is 0 Å². The maximum atomic E-state index is 9.44. The van der Waals surface area contributed by atoms with Gasteiger partial charge in [-0.1, -0.05) is 0 Å². The topological polar surface area (TPSA) is 97.5 Å². The molecule has 0 aromatic heterocycles. The molecule has 0 rings (SSSR count). The number of nitrogens with two attached hydrogens (primary N) is 1. The van der Waals surface area contributed by atoms with Crippen molar-refractivity contribution in [2.24, 2.45) is 5.90 Å². The predicted molar refractivity (Wildman–Crippen MR) is 55.0 cm³/mol. The molecule has 0 bridgehead atoms. The van der Waals surface area contributed by atoms with E-state index in [-0.39, 0.29) is 17.3 Å². The number of ketones is 3. The first-order valence-electron chi connectivity index (χ1n) is 3.87. The highest BCUT2D eigenvalue weighted by Crippen LogP contribution is 1.51. The van der Waals surface area contributed by atoms with Crippen LogP contribution in [0, 0.1) is 0 Å². The van der Waals surface area contributed by atoms with Crippen molar-refractivity contribution in [3.8, 4) is 0 Å². The van der Waals surface area contributed by atoms with Crippen molar-refractivity contribution in [3.63, 3.8) is 0 Å². The standard InChI is InChI=1S/3C3H6O.H3NO/c3*1-3(2)4;1-2/h3*1-2H3;2H,1H2. The average Bonchev–Trinajstić information content (AvgIpc) is 1.86. The summed E-state index contributed by atoms with van der Waals surface area (Å²) in [5.74, 6) is 4.00. The van der Waals surface area contributed by atoms with Crippen LogP contribution in [0.2, 0.25) is 0 Å². The van der Waals surface area contributed by atoms with E-state index in [1.807, 2.05) is 0 Å². The molecule has 0 heterocycles. The lowest BCUT2D eigenvalue weighted by Gasteiger charge is -1.56. The van der Waals surface area contributed by atoms with Gasteiger partial charge in [0.2, 0.25) is 0 Å². The molecule has 0 saturated heterocycles. The Morgan fingerprint density at radius 3 is 0.643 bits per heavy atom. The van der Waals surface area contributed by atoms with Gasteiger partial charge in [-0.25, -0.2) is 5.90 Å². The van der Waals surface area contributed by atoms with E-state index >= 15 is 0 Å². The van der Waals surface area contributed by atoms with Crippen LogP contribution in [-0.4, -0.2) is 22.6 Å². The fourth-order valence-corrected chi connectivity index (χ4v) is 0. The van der Waals surface area contributed by atoms with Crippen molar-refractivity contribution < 1.29 is 19.6 Å². The van der Waals surface area contributed by atoms with Crippen LogP contribution in [0.15, 0.2) is 0 Å². The van der Waals surface area contributed by atoms with Crippen LogP contribution >= 0.6 is 0 Å². The van der Waals surface area contributed by atoms with Gasteiger partial charge in [0.25, 0.3) is 0 Å². The van der Waals surface area contributed by atoms with E-state index in [0.29, 0.717) is 0 Å². The lowest BCUT2D eigenvalue weighted by atomic mass is 10.6. The number of hydrogen-bond donors (Lipinski definition) is 2. The largest absolute Gasteiger partial charge is 0.320 e. The van der Waals surface area contributed by atoms with Gasteiger partial charge >= 0.3 is 0 Å². The lowest BCUT2D eigenvalue weighted by molar-refractivity contribution is -0.115. The SMILES string of the molecule is CC(C)=O.CC(C)=O.CC(C)=O.NO. The number of carbonyl (C=O) groups is 3. The van der Waals surface area contributed by atoms with Gasteiger partial charge < -0.3 is 19.6 Å². The van der Waals surface area contributed by atoms with E-state index in [0.717, 1.165) is 0 Å². The van der Waals surface area contributed by atoms with E-state index in [9.17, 15) is 14.4 Å². The molecule has 0 spiro atoms. The third-order valence-electron chi connectivity index (χ3n) is 0. The number of Topliss-reactive ketones (excluding diaryl/α,β-unsaturated/α-hetero) is 3. The smallest absolute Gasteiger partial charge is 0.126 e. The van der Waals surface area contributed by atoms with Crippen LogP contribution in [0.4, 0.5) is 0 Å². The van der Waals surface area contributed by atoms with Gasteiger partial charge in [0.15, 0.2) is 0 Å². The summed E-state index contributed by atoms with van der Waals surface area (Å²) in [5, 5.41) is 6.50. The Morgan fingerprint density at radius 1 is 0.643 bits per heavy atom. The van der Waals surface area contributed by atoms with Gasteiger partial charge in [0.05, 0.1) is 0 Å². The van der Waals surface area contributed by atoms with Crippen LogP contribution in [0.25, 0.3) is 0 Å². The van der Waals surface area contributed by atoms with Crippen molar-refractivity contribution in [1.82, 2.24) is 0 Å². The first-order chi connectivity index (χ1) is 6.20. The van der Waals surface area contributed by atoms with E-state index in [2.05, 4.69) is 5.90 Å². The summed E-state index contributed by atoms with van der Waals surface area (Å²) in [6, 6.07) is 0. The maximum Gasteiger partial charge on any atom is 0.126 e. The van der Waals surface area contributed by atoms with Gasteiger partial charge in [-0.05, 0) is 41.5 Å². The number of hydrogen-bond acceptors (Lipinski definition) is 5. The molecule has 86 valence electrons. The second-order valence-electron chi connectivity index (χ2n) is 2.72. The van der Waals surface area contributed by atoms with Gasteiger partial charge in [0, 0.05) is 0 Å². The van der Waals surface area contributed by atoms with Crippen LogP contribution in [0.5, 0.6) is 0 Å². The summed E-state index contributed by atoms with van der Waals surface area (Å²) in [6.07, 6.45) is 0. The van der Waals surface area contributed by atoms with E-state index < -0.39 is 0 Å². The molecule has 0 amide bonds. The van der Waals surface area contributed by atoms with Crippen molar-refractivity contribution in [1.29, 1.82) is 0 Å². The van der Waals surface area contributed by atoms with Crippen molar-refractivity contribution in [3.05, 3.63) is 0 Å². The summed E-state index contributed by atoms with van der Waals surface area (Å²) in [5.41, 5.74) is 0. The molecular weight excluding hydrogens is 186 g/mol. The number of rotatable bonds is 0. The monoisotopic (exact) mass is 207 g/mol. The molecule has 5 nitrogen and oxygen atoms in total. The summed E-state index contributed by atoms with van der Waals surface area (Å²) in [4.78, 5) is 28.3. The van der Waals surface area contributed by atoms with Crippen LogP contribution < -0.4 is 5.90 Å². The zero-order valence-corrected chi connectivity index (χ0v) is 9.75. The predicted octanol–water partition coefficient (Wildman–Crippen LogP) is 1.12. The minimum Gasteiger partial charge on any atom is -0.320 e. The zero-order chi connectivity index (χ0) is 12.7. The molecule has 0 atom stereocenters. The molecule has 5 heteroatoms. The highest BCUT2D eigenvalue weighted by atomic mass is 16.4. The van der Waals surface area contributed by atoms with Crippen molar-refractivity contribution in [2.75, 3.05) is 0 Å². The minimum atomic E-state index is 0.167. The van der Waals surface area contributed by atoms with E-state index in [1.54, 1.807) is 0 Å². The Balaban J connectivity index is -0.0000000492. The molecule has 0 unspecified atom stereocenters. The molecule has 0 aromatic rings. The lowest BCUT2D eigenvalue weighted by Crippen LogP contribution is -1.72. The van der Waals surface area contributed by atoms with Gasteiger partial charge in [-0.15, -0.1) is 0 Å². The molecule has 14 heavy (non-hydrogen) atoms. The van der Waals surface area contributed by atoms with Gasteiger partial charge in [-0.3, -0.25) is 0 Å². The van der Waals surface area contributed by atoms with Gasteiger partial charge in [0.1, 0.15) is 17.3 Å². The first-order valence-corrected chi connectivity index (χ1v) is 3.87. The molecule has 0 fully saturated rings. The summed E-state index contributed by atoms with van der Waals surface area (Å²) >= 11 is 0. The summed E-state index contributed by atoms with van der Waals surface area (Å²) in [6.45, 7) is 9.17. The Labute approximate surface area is 85.2 Å². The molecule has 0 radical (unpaired) electrons. The second kappa shape index (κ2) is 22.7. The second-order valence-corrected chi connectivity index (χ2v) is 2.72. The van der Waals surface area contributed by atoms with Crippen LogP contribution in [-0.2, 0) is 14.4 Å². The molecule has 3 N–H and O–H groups in total. The summed E-state index contributed by atoms with van der Waals surface area (Å²) < 4.78 is 0. The minimum absolute atomic E-state index is 0.167. The zero-order valence-electron chi connectivity index (χ0n) is 9.75. The normalized spacial score (nSPS) is 6.00. The van der Waals surface area contributed by atoms with Crippen LogP contribution in [0.1, 0.15) is 41.5 Å². The fraction of sp³-hybridized carbons (Fsp3) is 0.667. The molecule has 0 aliphatic rings. The molecule has 0 aliphatic carbocycles. The molecule has 0 saturated carbocycles. The molecule has 0 aliphatic heterocycles. The van der Waals surface area contributed by atoms with Crippen molar-refractivity contribution in [2.45, 2.75) is 41.5 Å². The highest BCUT2D eigenvalue weighted by Gasteiger charge is 1.63. The van der Waals surface area contributed by atoms with E-state index in [4.69, 9.17) is 5.21 Å². The van der Waals surface area contributed by atoms with Crippen LogP contribution in [0.3, 0.4) is 0 Å². The Kier molecular flexibility index (Phi) is 37.4. The number of carbonyl (C=O) groups excluding carboxylic acids is 3. The third-order valence-corrected chi connectivity index (χ3v) is 0. The third kappa shape index (κ3) is 941. The Bertz CT molecular complexity index is 114. The molecular formula is C9H21NO4. The highest BCUT2D eigenvalue weighted by molar-refractivity contribution is 5.72. The Morgan fingerprint density at radius 2 is 0.643 bits per heavy atom. The molecule has 0 aromatic carbocycles. The summed E-state index contributed by atoms with van der Waals surface area (Å²) in [7, 11) is 0. The first kappa shape index (κ1) is 23.1. The fourth-order valence-electron chi connectivity index (χ4n) is 0. The van der Waals surface area contributed by atoms with E-state index in [1.165, 1.54) is 41.5 Å². The Hall–Kier alpha value is -1.07.